The first-order chi connectivity index (χ1) is 7.83. The fourth-order valence-corrected chi connectivity index (χ4v) is 1.83. The number of hydrogen-bond acceptors (Lipinski definition) is 6. The van der Waals surface area contributed by atoms with Gasteiger partial charge in [-0.25, -0.2) is 0 Å². The van der Waals surface area contributed by atoms with Gasteiger partial charge in [0.15, 0.2) is 0 Å². The number of morpholine rings is 1. The van der Waals surface area contributed by atoms with Crippen LogP contribution in [0.4, 0.5) is 11.9 Å². The number of nitrogens with two attached hydrogens (primary N) is 1. The molecule has 0 aromatic carbocycles. The van der Waals surface area contributed by atoms with Gasteiger partial charge in [-0.2, -0.15) is 15.0 Å². The molecular weight excluding hydrogens is 206 g/mol. The summed E-state index contributed by atoms with van der Waals surface area (Å²) in [6.45, 7) is 3.11. The first kappa shape index (κ1) is 9.77. The van der Waals surface area contributed by atoms with Crippen LogP contribution in [-0.2, 0) is 4.74 Å². The van der Waals surface area contributed by atoms with Crippen LogP contribution in [0, 0.1) is 0 Å². The minimum absolute atomic E-state index is 0.332. The normalized spacial score (nSPS) is 21.1. The van der Waals surface area contributed by atoms with E-state index in [0.717, 1.165) is 32.1 Å². The maximum atomic E-state index is 5.71. The highest BCUT2D eigenvalue weighted by molar-refractivity contribution is 5.36. The average Bonchev–Trinajstić information content (AvgIpc) is 3.13. The quantitative estimate of drug-likeness (QED) is 0.767. The Kier molecular flexibility index (Phi) is 2.36. The van der Waals surface area contributed by atoms with Crippen LogP contribution in [0.3, 0.4) is 0 Å². The summed E-state index contributed by atoms with van der Waals surface area (Å²) in [6.07, 6.45) is 2.35. The third kappa shape index (κ3) is 1.92. The van der Waals surface area contributed by atoms with Gasteiger partial charge in [0, 0.05) is 19.0 Å². The molecular formula is C10H15N5O. The predicted molar refractivity (Wildman–Crippen MR) is 59.2 cm³/mol. The zero-order valence-corrected chi connectivity index (χ0v) is 9.09. The van der Waals surface area contributed by atoms with Crippen molar-refractivity contribution in [2.45, 2.75) is 18.8 Å². The largest absolute Gasteiger partial charge is 0.378 e. The van der Waals surface area contributed by atoms with Crippen LogP contribution in [0.2, 0.25) is 0 Å². The van der Waals surface area contributed by atoms with Gasteiger partial charge in [-0.05, 0) is 12.8 Å². The van der Waals surface area contributed by atoms with Crippen molar-refractivity contribution in [3.63, 3.8) is 0 Å². The highest BCUT2D eigenvalue weighted by atomic mass is 16.5. The second-order valence-electron chi connectivity index (χ2n) is 4.23. The van der Waals surface area contributed by atoms with Crippen LogP contribution in [-0.4, -0.2) is 41.3 Å². The fraction of sp³-hybridized carbons (Fsp3) is 0.700. The van der Waals surface area contributed by atoms with Crippen molar-refractivity contribution in [2.75, 3.05) is 36.9 Å². The summed E-state index contributed by atoms with van der Waals surface area (Å²) < 4.78 is 5.30. The van der Waals surface area contributed by atoms with Crippen LogP contribution in [0.25, 0.3) is 0 Å². The Bertz CT molecular complexity index is 387. The fourth-order valence-electron chi connectivity index (χ4n) is 1.83. The number of nitrogen functional groups attached to an aromatic ring is 1. The Morgan fingerprint density at radius 2 is 1.88 bits per heavy atom. The number of ether oxygens (including phenoxy) is 1. The number of anilines is 2. The van der Waals surface area contributed by atoms with Gasteiger partial charge in [-0.1, -0.05) is 0 Å². The minimum Gasteiger partial charge on any atom is -0.378 e. The summed E-state index contributed by atoms with van der Waals surface area (Å²) in [6, 6.07) is 0. The van der Waals surface area contributed by atoms with Gasteiger partial charge in [0.05, 0.1) is 13.2 Å². The van der Waals surface area contributed by atoms with Crippen molar-refractivity contribution in [3.05, 3.63) is 5.82 Å². The molecule has 16 heavy (non-hydrogen) atoms. The van der Waals surface area contributed by atoms with E-state index in [2.05, 4.69) is 19.9 Å². The molecule has 2 fully saturated rings. The molecule has 1 aliphatic heterocycles. The highest BCUT2D eigenvalue weighted by Gasteiger charge is 2.28. The van der Waals surface area contributed by atoms with Crippen LogP contribution in [0.5, 0.6) is 0 Å². The smallest absolute Gasteiger partial charge is 0.230 e. The Morgan fingerprint density at radius 1 is 1.12 bits per heavy atom. The van der Waals surface area contributed by atoms with Gasteiger partial charge < -0.3 is 15.4 Å². The summed E-state index contributed by atoms with van der Waals surface area (Å²) in [5.41, 5.74) is 5.71. The molecule has 0 spiro atoms. The molecule has 1 aliphatic carbocycles. The second kappa shape index (κ2) is 3.86. The van der Waals surface area contributed by atoms with E-state index in [1.165, 1.54) is 12.8 Å². The van der Waals surface area contributed by atoms with Gasteiger partial charge in [-0.3, -0.25) is 0 Å². The van der Waals surface area contributed by atoms with E-state index in [-0.39, 0.29) is 0 Å². The third-order valence-corrected chi connectivity index (χ3v) is 2.89. The molecule has 6 nitrogen and oxygen atoms in total. The van der Waals surface area contributed by atoms with Gasteiger partial charge in [0.2, 0.25) is 11.9 Å². The van der Waals surface area contributed by atoms with Crippen molar-refractivity contribution in [2.24, 2.45) is 0 Å². The van der Waals surface area contributed by atoms with E-state index in [9.17, 15) is 0 Å². The van der Waals surface area contributed by atoms with Gasteiger partial charge in [0.1, 0.15) is 5.82 Å². The summed E-state index contributed by atoms with van der Waals surface area (Å²) in [5, 5.41) is 0. The molecule has 2 N–H and O–H groups in total. The van der Waals surface area contributed by atoms with E-state index < -0.39 is 0 Å². The van der Waals surface area contributed by atoms with Crippen molar-refractivity contribution in [3.8, 4) is 0 Å². The second-order valence-corrected chi connectivity index (χ2v) is 4.23. The summed E-state index contributed by atoms with van der Waals surface area (Å²) in [5.74, 6) is 2.40. The molecule has 0 atom stereocenters. The first-order valence-electron chi connectivity index (χ1n) is 5.67. The summed E-state index contributed by atoms with van der Waals surface area (Å²) in [7, 11) is 0. The zero-order chi connectivity index (χ0) is 11.0. The van der Waals surface area contributed by atoms with Crippen LogP contribution in [0.1, 0.15) is 24.6 Å². The van der Waals surface area contributed by atoms with Crippen molar-refractivity contribution < 1.29 is 4.74 Å². The van der Waals surface area contributed by atoms with Gasteiger partial charge >= 0.3 is 0 Å². The molecule has 6 heteroatoms. The van der Waals surface area contributed by atoms with Crippen molar-refractivity contribution >= 4 is 11.9 Å². The standard InChI is InChI=1S/C10H15N5O/c11-9-12-8(7-1-2-7)13-10(14-9)15-3-5-16-6-4-15/h7H,1-6H2,(H2,11,12,13,14). The van der Waals surface area contributed by atoms with E-state index in [1.54, 1.807) is 0 Å². The molecule has 0 unspecified atom stereocenters. The maximum absolute atomic E-state index is 5.71. The zero-order valence-electron chi connectivity index (χ0n) is 9.09. The molecule has 2 heterocycles. The molecule has 0 radical (unpaired) electrons. The molecule has 1 saturated heterocycles. The number of nitrogens with zero attached hydrogens (tertiary/aromatic N) is 4. The number of hydrogen-bond donors (Lipinski definition) is 1. The lowest BCUT2D eigenvalue weighted by atomic mass is 10.4. The molecule has 2 aliphatic rings. The van der Waals surface area contributed by atoms with Crippen molar-refractivity contribution in [1.82, 2.24) is 15.0 Å². The average molecular weight is 221 g/mol. The molecule has 86 valence electrons. The molecule has 1 aromatic heterocycles. The van der Waals surface area contributed by atoms with E-state index in [0.29, 0.717) is 17.8 Å². The SMILES string of the molecule is Nc1nc(C2CC2)nc(N2CCOCC2)n1. The van der Waals surface area contributed by atoms with E-state index in [4.69, 9.17) is 10.5 Å². The van der Waals surface area contributed by atoms with Crippen molar-refractivity contribution in [1.29, 1.82) is 0 Å². The van der Waals surface area contributed by atoms with Gasteiger partial charge in [0.25, 0.3) is 0 Å². The Labute approximate surface area is 93.8 Å². The topological polar surface area (TPSA) is 77.2 Å². The molecule has 0 amide bonds. The Balaban J connectivity index is 1.86. The summed E-state index contributed by atoms with van der Waals surface area (Å²) in [4.78, 5) is 15.0. The summed E-state index contributed by atoms with van der Waals surface area (Å²) >= 11 is 0. The molecule has 0 bridgehead atoms. The lowest BCUT2D eigenvalue weighted by Gasteiger charge is -2.26. The third-order valence-electron chi connectivity index (χ3n) is 2.89. The lowest BCUT2D eigenvalue weighted by molar-refractivity contribution is 0.122. The van der Waals surface area contributed by atoms with E-state index in [1.807, 2.05) is 0 Å². The van der Waals surface area contributed by atoms with Crippen LogP contribution in [0.15, 0.2) is 0 Å². The predicted octanol–water partition coefficient (Wildman–Crippen LogP) is 0.168. The highest BCUT2D eigenvalue weighted by Crippen LogP contribution is 2.38. The van der Waals surface area contributed by atoms with E-state index >= 15 is 0 Å². The first-order valence-corrected chi connectivity index (χ1v) is 5.67. The van der Waals surface area contributed by atoms with Crippen LogP contribution >= 0.6 is 0 Å². The minimum atomic E-state index is 0.332. The molecule has 1 saturated carbocycles. The van der Waals surface area contributed by atoms with Crippen LogP contribution < -0.4 is 10.6 Å². The molecule has 1 aromatic rings. The Morgan fingerprint density at radius 3 is 2.56 bits per heavy atom. The maximum Gasteiger partial charge on any atom is 0.230 e. The number of rotatable bonds is 2. The molecule has 3 rings (SSSR count). The monoisotopic (exact) mass is 221 g/mol. The van der Waals surface area contributed by atoms with Gasteiger partial charge in [-0.15, -0.1) is 0 Å². The Hall–Kier alpha value is -1.43. The lowest BCUT2D eigenvalue weighted by Crippen LogP contribution is -2.37. The number of aromatic nitrogens is 3.